The molecular formula is C13H17N3O. The molecule has 17 heavy (non-hydrogen) atoms. The van der Waals surface area contributed by atoms with Crippen LogP contribution in [0.3, 0.4) is 0 Å². The van der Waals surface area contributed by atoms with E-state index in [1.54, 1.807) is 6.33 Å². The van der Waals surface area contributed by atoms with Crippen LogP contribution >= 0.6 is 0 Å². The number of carbonyl (C=O) groups is 1. The van der Waals surface area contributed by atoms with E-state index in [2.05, 4.69) is 15.3 Å². The zero-order valence-corrected chi connectivity index (χ0v) is 10.2. The number of aromatic nitrogens is 2. The van der Waals surface area contributed by atoms with E-state index in [1.807, 2.05) is 32.0 Å². The first-order chi connectivity index (χ1) is 8.24. The number of rotatable bonds is 4. The summed E-state index contributed by atoms with van der Waals surface area (Å²) in [4.78, 5) is 19.1. The lowest BCUT2D eigenvalue weighted by molar-refractivity contribution is -0.120. The average Bonchev–Trinajstić information content (AvgIpc) is 2.77. The number of anilines is 1. The molecule has 1 heterocycles. The van der Waals surface area contributed by atoms with Gasteiger partial charge in [0.05, 0.1) is 17.4 Å². The lowest BCUT2D eigenvalue weighted by Gasteiger charge is -2.12. The van der Waals surface area contributed by atoms with Gasteiger partial charge in [-0.3, -0.25) is 4.79 Å². The summed E-state index contributed by atoms with van der Waals surface area (Å²) < 4.78 is 0. The van der Waals surface area contributed by atoms with Crippen molar-refractivity contribution < 1.29 is 4.79 Å². The maximum absolute atomic E-state index is 11.9. The molecule has 0 unspecified atom stereocenters. The first-order valence-electron chi connectivity index (χ1n) is 5.98. The first kappa shape index (κ1) is 11.6. The van der Waals surface area contributed by atoms with Gasteiger partial charge in [0.15, 0.2) is 0 Å². The Labute approximate surface area is 100 Å². The van der Waals surface area contributed by atoms with Crippen molar-refractivity contribution in [2.75, 3.05) is 5.32 Å². The van der Waals surface area contributed by atoms with Gasteiger partial charge in [0.2, 0.25) is 5.91 Å². The maximum Gasteiger partial charge on any atom is 0.227 e. The number of nitrogens with one attached hydrogen (secondary N) is 2. The summed E-state index contributed by atoms with van der Waals surface area (Å²) in [5.74, 6) is 0.182. The van der Waals surface area contributed by atoms with Crippen molar-refractivity contribution in [3.63, 3.8) is 0 Å². The lowest BCUT2D eigenvalue weighted by Crippen LogP contribution is -2.21. The van der Waals surface area contributed by atoms with Crippen molar-refractivity contribution in [2.45, 2.75) is 26.7 Å². The molecule has 0 bridgehead atoms. The van der Waals surface area contributed by atoms with Gasteiger partial charge < -0.3 is 10.3 Å². The summed E-state index contributed by atoms with van der Waals surface area (Å²) >= 11 is 0. The molecule has 0 spiro atoms. The molecule has 0 saturated heterocycles. The van der Waals surface area contributed by atoms with Crippen LogP contribution in [0.2, 0.25) is 0 Å². The molecule has 0 fully saturated rings. The fourth-order valence-corrected chi connectivity index (χ4v) is 1.92. The van der Waals surface area contributed by atoms with Crippen molar-refractivity contribution in [3.05, 3.63) is 24.5 Å². The van der Waals surface area contributed by atoms with E-state index in [4.69, 9.17) is 0 Å². The van der Waals surface area contributed by atoms with Crippen LogP contribution in [0.25, 0.3) is 11.0 Å². The van der Waals surface area contributed by atoms with Crippen molar-refractivity contribution in [1.82, 2.24) is 9.97 Å². The van der Waals surface area contributed by atoms with Crippen LogP contribution in [0.4, 0.5) is 5.69 Å². The van der Waals surface area contributed by atoms with Crippen LogP contribution in [0.15, 0.2) is 24.5 Å². The number of nitrogens with zero attached hydrogens (tertiary/aromatic N) is 1. The summed E-state index contributed by atoms with van der Waals surface area (Å²) in [5, 5.41) is 2.94. The number of hydrogen-bond donors (Lipinski definition) is 2. The number of hydrogen-bond acceptors (Lipinski definition) is 2. The average molecular weight is 231 g/mol. The Morgan fingerprint density at radius 3 is 2.88 bits per heavy atom. The third-order valence-corrected chi connectivity index (χ3v) is 3.04. The molecule has 90 valence electrons. The molecule has 1 amide bonds. The maximum atomic E-state index is 11.9. The molecule has 0 saturated carbocycles. The number of fused-ring (bicyclic) bond motifs is 1. The third-order valence-electron chi connectivity index (χ3n) is 3.04. The first-order valence-corrected chi connectivity index (χ1v) is 5.98. The van der Waals surface area contributed by atoms with E-state index in [9.17, 15) is 4.79 Å². The molecule has 4 heteroatoms. The molecule has 2 rings (SSSR count). The largest absolute Gasteiger partial charge is 0.345 e. The van der Waals surface area contributed by atoms with Crippen molar-refractivity contribution >= 4 is 22.6 Å². The van der Waals surface area contributed by atoms with Crippen molar-refractivity contribution in [3.8, 4) is 0 Å². The van der Waals surface area contributed by atoms with Gasteiger partial charge in [-0.25, -0.2) is 4.98 Å². The zero-order chi connectivity index (χ0) is 12.3. The highest BCUT2D eigenvalue weighted by molar-refractivity contribution is 5.94. The molecule has 0 aliphatic heterocycles. The SMILES string of the molecule is CCC(CC)C(=O)Nc1ccc2nc[nH]c2c1. The van der Waals surface area contributed by atoms with E-state index in [1.165, 1.54) is 0 Å². The molecular weight excluding hydrogens is 214 g/mol. The van der Waals surface area contributed by atoms with E-state index >= 15 is 0 Å². The Morgan fingerprint density at radius 1 is 1.41 bits per heavy atom. The summed E-state index contributed by atoms with van der Waals surface area (Å²) in [6.07, 6.45) is 3.39. The van der Waals surface area contributed by atoms with Gasteiger partial charge in [-0.15, -0.1) is 0 Å². The van der Waals surface area contributed by atoms with Crippen LogP contribution in [-0.2, 0) is 4.79 Å². The Balaban J connectivity index is 2.14. The summed E-state index contributed by atoms with van der Waals surface area (Å²) in [7, 11) is 0. The highest BCUT2D eigenvalue weighted by Gasteiger charge is 2.14. The molecule has 1 aromatic heterocycles. The molecule has 0 radical (unpaired) electrons. The normalized spacial score (nSPS) is 11.0. The zero-order valence-electron chi connectivity index (χ0n) is 10.2. The predicted molar refractivity (Wildman–Crippen MR) is 68.8 cm³/mol. The smallest absolute Gasteiger partial charge is 0.227 e. The van der Waals surface area contributed by atoms with Gasteiger partial charge in [-0.2, -0.15) is 0 Å². The second-order valence-corrected chi connectivity index (χ2v) is 4.14. The number of imidazole rings is 1. The summed E-state index contributed by atoms with van der Waals surface area (Å²) in [5.41, 5.74) is 2.66. The standard InChI is InChI=1S/C13H17N3O/c1-3-9(4-2)13(17)16-10-5-6-11-12(7-10)15-8-14-11/h5-9H,3-4H2,1-2H3,(H,14,15)(H,16,17). The highest BCUT2D eigenvalue weighted by atomic mass is 16.1. The van der Waals surface area contributed by atoms with Crippen LogP contribution in [0, 0.1) is 5.92 Å². The van der Waals surface area contributed by atoms with Gasteiger partial charge in [0.25, 0.3) is 0 Å². The van der Waals surface area contributed by atoms with Crippen LogP contribution in [0.5, 0.6) is 0 Å². The lowest BCUT2D eigenvalue weighted by atomic mass is 10.0. The number of aromatic amines is 1. The van der Waals surface area contributed by atoms with Gasteiger partial charge in [-0.05, 0) is 31.0 Å². The van der Waals surface area contributed by atoms with Crippen LogP contribution < -0.4 is 5.32 Å². The number of benzene rings is 1. The molecule has 4 nitrogen and oxygen atoms in total. The Kier molecular flexibility index (Phi) is 3.42. The van der Waals surface area contributed by atoms with Crippen molar-refractivity contribution in [2.24, 2.45) is 5.92 Å². The minimum Gasteiger partial charge on any atom is -0.345 e. The number of carbonyl (C=O) groups excluding carboxylic acids is 1. The highest BCUT2D eigenvalue weighted by Crippen LogP contribution is 2.17. The van der Waals surface area contributed by atoms with Gasteiger partial charge in [-0.1, -0.05) is 13.8 Å². The van der Waals surface area contributed by atoms with Gasteiger partial charge in [0.1, 0.15) is 0 Å². The third kappa shape index (κ3) is 2.46. The Bertz CT molecular complexity index is 514. The molecule has 0 aliphatic carbocycles. The van der Waals surface area contributed by atoms with Crippen LogP contribution in [-0.4, -0.2) is 15.9 Å². The van der Waals surface area contributed by atoms with Crippen LogP contribution in [0.1, 0.15) is 26.7 Å². The van der Waals surface area contributed by atoms with Gasteiger partial charge in [0, 0.05) is 11.6 Å². The molecule has 0 atom stereocenters. The van der Waals surface area contributed by atoms with Gasteiger partial charge >= 0.3 is 0 Å². The molecule has 1 aromatic carbocycles. The summed E-state index contributed by atoms with van der Waals surface area (Å²) in [6.45, 7) is 4.07. The second kappa shape index (κ2) is 4.99. The molecule has 0 aliphatic rings. The number of amides is 1. The Morgan fingerprint density at radius 2 is 2.18 bits per heavy atom. The fourth-order valence-electron chi connectivity index (χ4n) is 1.92. The molecule has 2 N–H and O–H groups in total. The quantitative estimate of drug-likeness (QED) is 0.850. The van der Waals surface area contributed by atoms with Crippen molar-refractivity contribution in [1.29, 1.82) is 0 Å². The topological polar surface area (TPSA) is 57.8 Å². The van der Waals surface area contributed by atoms with E-state index in [-0.39, 0.29) is 11.8 Å². The summed E-state index contributed by atoms with van der Waals surface area (Å²) in [6, 6.07) is 5.68. The van der Waals surface area contributed by atoms with E-state index in [0.717, 1.165) is 29.6 Å². The fraction of sp³-hybridized carbons (Fsp3) is 0.385. The Hall–Kier alpha value is -1.84. The monoisotopic (exact) mass is 231 g/mol. The van der Waals surface area contributed by atoms with E-state index < -0.39 is 0 Å². The minimum atomic E-state index is 0.0902. The van der Waals surface area contributed by atoms with E-state index in [0.29, 0.717) is 0 Å². The number of H-pyrrole nitrogens is 1. The second-order valence-electron chi connectivity index (χ2n) is 4.14. The minimum absolute atomic E-state index is 0.0902. The molecule has 2 aromatic rings. The predicted octanol–water partition coefficient (Wildman–Crippen LogP) is 2.94.